The van der Waals surface area contributed by atoms with E-state index >= 15 is 0 Å². The Labute approximate surface area is 128 Å². The molecular weight excluding hydrogens is 342 g/mol. The largest absolute Gasteiger partial charge is 0.465 e. The van der Waals surface area contributed by atoms with Gasteiger partial charge in [0, 0.05) is 11.9 Å². The zero-order valence-electron chi connectivity index (χ0n) is 10.7. The van der Waals surface area contributed by atoms with Gasteiger partial charge in [-0.25, -0.2) is 4.79 Å². The highest BCUT2D eigenvalue weighted by Crippen LogP contribution is 2.20. The van der Waals surface area contributed by atoms with Crippen molar-refractivity contribution in [3.8, 4) is 0 Å². The molecule has 1 aromatic heterocycles. The van der Waals surface area contributed by atoms with Gasteiger partial charge < -0.3 is 10.1 Å². The summed E-state index contributed by atoms with van der Waals surface area (Å²) in [6, 6.07) is 8.70. The van der Waals surface area contributed by atoms with Crippen molar-refractivity contribution in [3.63, 3.8) is 0 Å². The molecule has 0 saturated carbocycles. The summed E-state index contributed by atoms with van der Waals surface area (Å²) in [5.41, 5.74) is 2.04. The number of benzene rings is 1. The van der Waals surface area contributed by atoms with E-state index in [1.54, 1.807) is 35.7 Å². The molecule has 2 rings (SSSR count). The molecule has 4 nitrogen and oxygen atoms in total. The highest BCUT2D eigenvalue weighted by Gasteiger charge is 2.08. The minimum absolute atomic E-state index is 0.121. The van der Waals surface area contributed by atoms with E-state index < -0.39 is 0 Å². The Kier molecular flexibility index (Phi) is 4.92. The van der Waals surface area contributed by atoms with Crippen LogP contribution in [-0.2, 0) is 11.3 Å². The number of ether oxygens (including phenoxy) is 1. The fraction of sp³-hybridized carbons (Fsp3) is 0.143. The van der Waals surface area contributed by atoms with Gasteiger partial charge in [0.1, 0.15) is 0 Å². The van der Waals surface area contributed by atoms with Gasteiger partial charge in [0.2, 0.25) is 0 Å². The molecule has 0 radical (unpaired) electrons. The van der Waals surface area contributed by atoms with Gasteiger partial charge in [0.15, 0.2) is 0 Å². The second-order valence-corrected chi connectivity index (χ2v) is 6.30. The zero-order valence-corrected chi connectivity index (χ0v) is 13.1. The number of esters is 1. The lowest BCUT2D eigenvalue weighted by Crippen LogP contribution is -2.22. The van der Waals surface area contributed by atoms with Crippen molar-refractivity contribution in [3.05, 3.63) is 56.2 Å². The number of carbonyl (C=O) groups is 2. The Bertz CT molecular complexity index is 622. The Morgan fingerprint density at radius 2 is 1.95 bits per heavy atom. The van der Waals surface area contributed by atoms with Crippen LogP contribution in [0.1, 0.15) is 26.3 Å². The summed E-state index contributed by atoms with van der Waals surface area (Å²) in [5, 5.41) is 4.61. The summed E-state index contributed by atoms with van der Waals surface area (Å²) in [6.45, 7) is 0.410. The molecule has 0 bridgehead atoms. The first-order valence-electron chi connectivity index (χ1n) is 5.79. The Hall–Kier alpha value is -1.66. The number of methoxy groups -OCH3 is 1. The SMILES string of the molecule is COC(=O)c1ccc(CNC(=O)c2csc(Br)c2)cc1. The van der Waals surface area contributed by atoms with E-state index in [1.807, 2.05) is 0 Å². The predicted octanol–water partition coefficient (Wildman–Crippen LogP) is 3.23. The van der Waals surface area contributed by atoms with E-state index in [-0.39, 0.29) is 11.9 Å². The van der Waals surface area contributed by atoms with Crippen molar-refractivity contribution in [1.29, 1.82) is 0 Å². The second kappa shape index (κ2) is 6.67. The average molecular weight is 354 g/mol. The predicted molar refractivity (Wildman–Crippen MR) is 81.0 cm³/mol. The van der Waals surface area contributed by atoms with Crippen molar-refractivity contribution >= 4 is 39.1 Å². The molecule has 0 atom stereocenters. The van der Waals surface area contributed by atoms with Gasteiger partial charge in [0.25, 0.3) is 5.91 Å². The van der Waals surface area contributed by atoms with Crippen LogP contribution in [0.3, 0.4) is 0 Å². The van der Waals surface area contributed by atoms with Crippen molar-refractivity contribution in [2.24, 2.45) is 0 Å². The lowest BCUT2D eigenvalue weighted by atomic mass is 10.1. The summed E-state index contributed by atoms with van der Waals surface area (Å²) < 4.78 is 5.54. The molecule has 0 unspecified atom stereocenters. The van der Waals surface area contributed by atoms with Gasteiger partial charge in [-0.15, -0.1) is 11.3 Å². The highest BCUT2D eigenvalue weighted by molar-refractivity contribution is 9.11. The number of halogens is 1. The number of carbonyl (C=O) groups excluding carboxylic acids is 2. The van der Waals surface area contributed by atoms with Crippen LogP contribution in [0.4, 0.5) is 0 Å². The maximum Gasteiger partial charge on any atom is 0.337 e. The first kappa shape index (κ1) is 14.7. The molecule has 0 aliphatic heterocycles. The topological polar surface area (TPSA) is 55.4 Å². The molecule has 1 heterocycles. The Balaban J connectivity index is 1.94. The van der Waals surface area contributed by atoms with Crippen molar-refractivity contribution in [1.82, 2.24) is 5.32 Å². The van der Waals surface area contributed by atoms with Crippen LogP contribution in [0, 0.1) is 0 Å². The number of thiophene rings is 1. The van der Waals surface area contributed by atoms with E-state index in [0.717, 1.165) is 9.35 Å². The molecule has 1 aromatic carbocycles. The molecule has 2 aromatic rings. The average Bonchev–Trinajstić information content (AvgIpc) is 2.91. The molecule has 0 fully saturated rings. The third-order valence-electron chi connectivity index (χ3n) is 2.66. The molecule has 0 aliphatic carbocycles. The fourth-order valence-corrected chi connectivity index (χ4v) is 2.73. The summed E-state index contributed by atoms with van der Waals surface area (Å²) in [4.78, 5) is 23.1. The molecule has 0 spiro atoms. The minimum Gasteiger partial charge on any atom is -0.465 e. The summed E-state index contributed by atoms with van der Waals surface area (Å²) >= 11 is 4.79. The number of rotatable bonds is 4. The Morgan fingerprint density at radius 1 is 1.25 bits per heavy atom. The quantitative estimate of drug-likeness (QED) is 0.858. The third-order valence-corrected chi connectivity index (χ3v) is 4.16. The smallest absolute Gasteiger partial charge is 0.337 e. The molecule has 0 saturated heterocycles. The van der Waals surface area contributed by atoms with Gasteiger partial charge in [-0.05, 0) is 39.7 Å². The van der Waals surface area contributed by atoms with Gasteiger partial charge in [-0.1, -0.05) is 12.1 Å². The summed E-state index contributed by atoms with van der Waals surface area (Å²) in [5.74, 6) is -0.493. The fourth-order valence-electron chi connectivity index (χ4n) is 1.59. The monoisotopic (exact) mass is 353 g/mol. The second-order valence-electron chi connectivity index (χ2n) is 4.01. The molecular formula is C14H12BrNO3S. The minimum atomic E-state index is -0.372. The number of hydrogen-bond donors (Lipinski definition) is 1. The van der Waals surface area contributed by atoms with Crippen LogP contribution in [0.5, 0.6) is 0 Å². The van der Waals surface area contributed by atoms with E-state index in [2.05, 4.69) is 26.0 Å². The van der Waals surface area contributed by atoms with Crippen molar-refractivity contribution in [2.45, 2.75) is 6.54 Å². The van der Waals surface area contributed by atoms with Crippen LogP contribution in [0.15, 0.2) is 39.5 Å². The molecule has 1 amide bonds. The van der Waals surface area contributed by atoms with Gasteiger partial charge >= 0.3 is 5.97 Å². The van der Waals surface area contributed by atoms with Crippen molar-refractivity contribution in [2.75, 3.05) is 7.11 Å². The standard InChI is InChI=1S/C14H12BrNO3S/c1-19-14(18)10-4-2-9(3-5-10)7-16-13(17)11-6-12(15)20-8-11/h2-6,8H,7H2,1H3,(H,16,17). The first-order chi connectivity index (χ1) is 9.60. The summed E-state index contributed by atoms with van der Waals surface area (Å²) in [7, 11) is 1.34. The van der Waals surface area contributed by atoms with Gasteiger partial charge in [0.05, 0.1) is 22.0 Å². The van der Waals surface area contributed by atoms with Crippen LogP contribution < -0.4 is 5.32 Å². The lowest BCUT2D eigenvalue weighted by Gasteiger charge is -2.05. The molecule has 1 N–H and O–H groups in total. The maximum atomic E-state index is 11.9. The van der Waals surface area contributed by atoms with Crippen LogP contribution in [0.2, 0.25) is 0 Å². The number of amides is 1. The molecule has 104 valence electrons. The van der Waals surface area contributed by atoms with E-state index in [4.69, 9.17) is 0 Å². The van der Waals surface area contributed by atoms with Gasteiger partial charge in [-0.3, -0.25) is 4.79 Å². The molecule has 6 heteroatoms. The summed E-state index contributed by atoms with van der Waals surface area (Å²) in [6.07, 6.45) is 0. The van der Waals surface area contributed by atoms with Crippen LogP contribution in [0.25, 0.3) is 0 Å². The Morgan fingerprint density at radius 3 is 2.50 bits per heavy atom. The third kappa shape index (κ3) is 3.68. The number of nitrogens with one attached hydrogen (secondary N) is 1. The van der Waals surface area contributed by atoms with E-state index in [9.17, 15) is 9.59 Å². The lowest BCUT2D eigenvalue weighted by molar-refractivity contribution is 0.0600. The zero-order chi connectivity index (χ0) is 14.5. The van der Waals surface area contributed by atoms with Crippen LogP contribution in [-0.4, -0.2) is 19.0 Å². The van der Waals surface area contributed by atoms with Crippen molar-refractivity contribution < 1.29 is 14.3 Å². The number of hydrogen-bond acceptors (Lipinski definition) is 4. The van der Waals surface area contributed by atoms with Crippen LogP contribution >= 0.6 is 27.3 Å². The van der Waals surface area contributed by atoms with Gasteiger partial charge in [-0.2, -0.15) is 0 Å². The molecule has 0 aliphatic rings. The first-order valence-corrected chi connectivity index (χ1v) is 7.47. The normalized spacial score (nSPS) is 10.1. The molecule has 20 heavy (non-hydrogen) atoms. The van der Waals surface area contributed by atoms with E-state index in [0.29, 0.717) is 17.7 Å². The highest BCUT2D eigenvalue weighted by atomic mass is 79.9. The maximum absolute atomic E-state index is 11.9. The van der Waals surface area contributed by atoms with E-state index in [1.165, 1.54) is 18.4 Å².